The third kappa shape index (κ3) is 5.12. The van der Waals surface area contributed by atoms with Crippen LogP contribution in [0.2, 0.25) is 0 Å². The van der Waals surface area contributed by atoms with Crippen LogP contribution in [0, 0.1) is 0 Å². The molecule has 0 fully saturated rings. The van der Waals surface area contributed by atoms with Gasteiger partial charge in [-0.15, -0.1) is 0 Å². The molecule has 2 aromatic rings. The van der Waals surface area contributed by atoms with Gasteiger partial charge in [0.05, 0.1) is 0 Å². The van der Waals surface area contributed by atoms with Crippen molar-refractivity contribution in [2.45, 2.75) is 6.61 Å². The van der Waals surface area contributed by atoms with Gasteiger partial charge in [-0.2, -0.15) is 0 Å². The number of carbonyl (C=O) groups is 1. The van der Waals surface area contributed by atoms with Crippen LogP contribution in [0.1, 0.15) is 5.56 Å². The first-order valence-electron chi connectivity index (χ1n) is 6.28. The summed E-state index contributed by atoms with van der Waals surface area (Å²) in [5.74, 6) is 0. The smallest absolute Gasteiger partial charge is 0.411 e. The van der Waals surface area contributed by atoms with Crippen LogP contribution in [-0.4, -0.2) is 11.2 Å². The molecule has 0 heterocycles. The van der Waals surface area contributed by atoms with Crippen molar-refractivity contribution in [3.05, 3.63) is 60.2 Å². The molecule has 108 valence electrons. The molecule has 0 aliphatic heterocycles. The monoisotopic (exact) mass is 301 g/mol. The molecular formula is C15H15N3O2S. The van der Waals surface area contributed by atoms with Crippen molar-refractivity contribution in [3.63, 3.8) is 0 Å². The van der Waals surface area contributed by atoms with Gasteiger partial charge in [0.1, 0.15) is 6.61 Å². The zero-order valence-corrected chi connectivity index (χ0v) is 12.0. The molecule has 0 saturated heterocycles. The fraction of sp³-hybridized carbons (Fsp3) is 0.0667. The number of ether oxygens (including phenoxy) is 1. The van der Waals surface area contributed by atoms with Crippen molar-refractivity contribution in [2.24, 2.45) is 5.73 Å². The van der Waals surface area contributed by atoms with Crippen molar-refractivity contribution in [1.82, 2.24) is 0 Å². The van der Waals surface area contributed by atoms with Crippen LogP contribution in [0.3, 0.4) is 0 Å². The summed E-state index contributed by atoms with van der Waals surface area (Å²) in [6.07, 6.45) is -0.506. The zero-order valence-electron chi connectivity index (χ0n) is 11.2. The molecular weight excluding hydrogens is 286 g/mol. The molecule has 2 rings (SSSR count). The van der Waals surface area contributed by atoms with E-state index in [1.807, 2.05) is 30.3 Å². The number of thiocarbonyl (C=S) groups is 1. The summed E-state index contributed by atoms with van der Waals surface area (Å²) < 4.78 is 5.12. The van der Waals surface area contributed by atoms with Gasteiger partial charge in [0.15, 0.2) is 5.11 Å². The molecule has 0 atom stereocenters. The highest BCUT2D eigenvalue weighted by atomic mass is 32.1. The van der Waals surface area contributed by atoms with Crippen LogP contribution >= 0.6 is 12.2 Å². The Kier molecular flexibility index (Phi) is 5.11. The molecule has 4 N–H and O–H groups in total. The summed E-state index contributed by atoms with van der Waals surface area (Å²) >= 11 is 4.74. The van der Waals surface area contributed by atoms with Gasteiger partial charge in [0.25, 0.3) is 0 Å². The lowest BCUT2D eigenvalue weighted by molar-refractivity contribution is 0.155. The van der Waals surface area contributed by atoms with Crippen LogP contribution in [-0.2, 0) is 11.3 Å². The zero-order chi connectivity index (χ0) is 15.1. The van der Waals surface area contributed by atoms with Gasteiger partial charge in [-0.3, -0.25) is 5.32 Å². The molecule has 21 heavy (non-hydrogen) atoms. The molecule has 5 nitrogen and oxygen atoms in total. The highest BCUT2D eigenvalue weighted by Crippen LogP contribution is 2.13. The summed E-state index contributed by atoms with van der Waals surface area (Å²) in [5.41, 5.74) is 7.68. The van der Waals surface area contributed by atoms with E-state index in [1.165, 1.54) is 0 Å². The summed E-state index contributed by atoms with van der Waals surface area (Å²) in [5, 5.41) is 5.63. The highest BCUT2D eigenvalue weighted by molar-refractivity contribution is 7.80. The average Bonchev–Trinajstić information content (AvgIpc) is 2.48. The summed E-state index contributed by atoms with van der Waals surface area (Å²) in [6, 6.07) is 16.4. The summed E-state index contributed by atoms with van der Waals surface area (Å²) in [4.78, 5) is 11.7. The van der Waals surface area contributed by atoms with E-state index in [1.54, 1.807) is 24.3 Å². The highest BCUT2D eigenvalue weighted by Gasteiger charge is 2.03. The number of nitrogens with one attached hydrogen (secondary N) is 2. The minimum atomic E-state index is -0.506. The minimum Gasteiger partial charge on any atom is -0.444 e. The molecule has 0 aliphatic carbocycles. The van der Waals surface area contributed by atoms with Crippen molar-refractivity contribution < 1.29 is 9.53 Å². The Bertz CT molecular complexity index is 615. The number of hydrogen-bond donors (Lipinski definition) is 3. The van der Waals surface area contributed by atoms with Crippen molar-refractivity contribution >= 4 is 34.8 Å². The fourth-order valence-electron chi connectivity index (χ4n) is 1.66. The molecule has 0 aliphatic rings. The largest absolute Gasteiger partial charge is 0.444 e. The summed E-state index contributed by atoms with van der Waals surface area (Å²) in [7, 11) is 0. The third-order valence-electron chi connectivity index (χ3n) is 2.61. The predicted molar refractivity (Wildman–Crippen MR) is 87.1 cm³/mol. The van der Waals surface area contributed by atoms with Crippen molar-refractivity contribution in [3.8, 4) is 0 Å². The minimum absolute atomic E-state index is 0.193. The Morgan fingerprint density at radius 2 is 1.57 bits per heavy atom. The van der Waals surface area contributed by atoms with Crippen LogP contribution in [0.4, 0.5) is 16.2 Å². The molecule has 0 saturated carbocycles. The first-order valence-corrected chi connectivity index (χ1v) is 6.68. The SMILES string of the molecule is NC(=S)Nc1ccc(NC(=O)OCc2ccccc2)cc1. The van der Waals surface area contributed by atoms with Gasteiger partial charge in [0.2, 0.25) is 0 Å². The average molecular weight is 301 g/mol. The maximum absolute atomic E-state index is 11.7. The molecule has 0 spiro atoms. The molecule has 6 heteroatoms. The number of amides is 1. The topological polar surface area (TPSA) is 76.4 Å². The standard InChI is InChI=1S/C15H15N3O2S/c16-14(21)17-12-6-8-13(9-7-12)18-15(19)20-10-11-4-2-1-3-5-11/h1-9H,10H2,(H,18,19)(H3,16,17,21). The Morgan fingerprint density at radius 1 is 1.00 bits per heavy atom. The maximum Gasteiger partial charge on any atom is 0.411 e. The number of benzene rings is 2. The van der Waals surface area contributed by atoms with Gasteiger partial charge in [-0.05, 0) is 42.0 Å². The van der Waals surface area contributed by atoms with E-state index in [4.69, 9.17) is 22.7 Å². The van der Waals surface area contributed by atoms with Gasteiger partial charge in [-0.1, -0.05) is 30.3 Å². The van der Waals surface area contributed by atoms with E-state index < -0.39 is 6.09 Å². The lowest BCUT2D eigenvalue weighted by Gasteiger charge is -2.08. The fourth-order valence-corrected chi connectivity index (χ4v) is 1.77. The molecule has 0 aromatic heterocycles. The lowest BCUT2D eigenvalue weighted by Crippen LogP contribution is -2.18. The molecule has 2 aromatic carbocycles. The first kappa shape index (κ1) is 14.8. The molecule has 0 unspecified atom stereocenters. The Morgan fingerprint density at radius 3 is 2.14 bits per heavy atom. The third-order valence-corrected chi connectivity index (χ3v) is 2.71. The van der Waals surface area contributed by atoms with Crippen LogP contribution in [0.5, 0.6) is 0 Å². The van der Waals surface area contributed by atoms with Gasteiger partial charge in [0, 0.05) is 11.4 Å². The van der Waals surface area contributed by atoms with Crippen molar-refractivity contribution in [2.75, 3.05) is 10.6 Å². The quantitative estimate of drug-likeness (QED) is 0.757. The van der Waals surface area contributed by atoms with Crippen molar-refractivity contribution in [1.29, 1.82) is 0 Å². The van der Waals surface area contributed by atoms with Gasteiger partial charge < -0.3 is 15.8 Å². The Balaban J connectivity index is 1.83. The molecule has 1 amide bonds. The second-order valence-corrected chi connectivity index (χ2v) is 4.69. The van der Waals surface area contributed by atoms with E-state index in [9.17, 15) is 4.79 Å². The van der Waals surface area contributed by atoms with Gasteiger partial charge >= 0.3 is 6.09 Å². The second kappa shape index (κ2) is 7.25. The predicted octanol–water partition coefficient (Wildman–Crippen LogP) is 3.09. The number of hydrogen-bond acceptors (Lipinski definition) is 3. The normalized spacial score (nSPS) is 9.71. The van der Waals surface area contributed by atoms with E-state index in [-0.39, 0.29) is 11.7 Å². The van der Waals surface area contributed by atoms with E-state index in [2.05, 4.69) is 10.6 Å². The van der Waals surface area contributed by atoms with Crippen LogP contribution in [0.25, 0.3) is 0 Å². The van der Waals surface area contributed by atoms with Gasteiger partial charge in [-0.25, -0.2) is 4.79 Å². The second-order valence-electron chi connectivity index (χ2n) is 4.25. The summed E-state index contributed by atoms with van der Waals surface area (Å²) in [6.45, 7) is 0.230. The molecule has 0 radical (unpaired) electrons. The number of nitrogens with two attached hydrogens (primary N) is 1. The van der Waals surface area contributed by atoms with E-state index >= 15 is 0 Å². The van der Waals surface area contributed by atoms with Crippen LogP contribution in [0.15, 0.2) is 54.6 Å². The Labute approximate surface area is 128 Å². The first-order chi connectivity index (χ1) is 10.1. The Hall–Kier alpha value is -2.60. The van der Waals surface area contributed by atoms with E-state index in [0.29, 0.717) is 5.69 Å². The molecule has 0 bridgehead atoms. The van der Waals surface area contributed by atoms with Crippen LogP contribution < -0.4 is 16.4 Å². The number of rotatable bonds is 4. The maximum atomic E-state index is 11.7. The van der Waals surface area contributed by atoms with E-state index in [0.717, 1.165) is 11.3 Å². The number of carbonyl (C=O) groups excluding carboxylic acids is 1. The number of anilines is 2. The lowest BCUT2D eigenvalue weighted by atomic mass is 10.2.